The summed E-state index contributed by atoms with van der Waals surface area (Å²) in [6, 6.07) is 12.8. The monoisotopic (exact) mass is 385 g/mol. The third kappa shape index (κ3) is 5.20. The van der Waals surface area contributed by atoms with E-state index in [1.54, 1.807) is 12.1 Å². The van der Waals surface area contributed by atoms with Gasteiger partial charge in [-0.2, -0.15) is 5.26 Å². The smallest absolute Gasteiger partial charge is 0.271 e. The van der Waals surface area contributed by atoms with E-state index < -0.39 is 10.8 Å². The lowest BCUT2D eigenvalue weighted by Gasteiger charge is -2.13. The summed E-state index contributed by atoms with van der Waals surface area (Å²) in [4.78, 5) is 24.5. The number of carbonyl (C=O) groups excluding carboxylic acids is 1. The Morgan fingerprint density at radius 2 is 2.04 bits per heavy atom. The molecule has 0 fully saturated rings. The highest BCUT2D eigenvalue weighted by molar-refractivity contribution is 6.34. The number of nitro benzene ring substituents is 1. The number of non-ortho nitro benzene ring substituents is 1. The van der Waals surface area contributed by atoms with Gasteiger partial charge in [0.05, 0.1) is 15.6 Å². The van der Waals surface area contributed by atoms with Crippen LogP contribution in [0, 0.1) is 21.4 Å². The molecule has 138 valence electrons. The summed E-state index contributed by atoms with van der Waals surface area (Å²) in [5.41, 5.74) is 1.24. The SMILES string of the molecule is CN(C)c1cccc(N/C=C(/C#N)C(=O)Nc2cc([N+](=O)[O-])ccc2Cl)c1. The second-order valence-electron chi connectivity index (χ2n) is 5.63. The lowest BCUT2D eigenvalue weighted by Crippen LogP contribution is -2.15. The molecule has 0 aliphatic carbocycles. The molecule has 8 nitrogen and oxygen atoms in total. The highest BCUT2D eigenvalue weighted by Crippen LogP contribution is 2.27. The van der Waals surface area contributed by atoms with Crippen LogP contribution in [-0.4, -0.2) is 24.9 Å². The van der Waals surface area contributed by atoms with Crippen molar-refractivity contribution in [2.45, 2.75) is 0 Å². The van der Waals surface area contributed by atoms with E-state index in [1.807, 2.05) is 37.2 Å². The van der Waals surface area contributed by atoms with Crippen LogP contribution in [0.4, 0.5) is 22.7 Å². The van der Waals surface area contributed by atoms with Crippen molar-refractivity contribution in [3.63, 3.8) is 0 Å². The molecule has 2 aromatic rings. The number of benzene rings is 2. The zero-order valence-electron chi connectivity index (χ0n) is 14.6. The quantitative estimate of drug-likeness (QED) is 0.339. The van der Waals surface area contributed by atoms with Crippen molar-refractivity contribution < 1.29 is 9.72 Å². The van der Waals surface area contributed by atoms with Gasteiger partial charge in [-0.3, -0.25) is 14.9 Å². The van der Waals surface area contributed by atoms with Crippen molar-refractivity contribution in [1.29, 1.82) is 5.26 Å². The number of hydrogen-bond donors (Lipinski definition) is 2. The number of anilines is 3. The summed E-state index contributed by atoms with van der Waals surface area (Å²) < 4.78 is 0. The Morgan fingerprint density at radius 3 is 2.67 bits per heavy atom. The number of halogens is 1. The highest BCUT2D eigenvalue weighted by Gasteiger charge is 2.15. The van der Waals surface area contributed by atoms with Crippen molar-refractivity contribution in [2.75, 3.05) is 29.6 Å². The van der Waals surface area contributed by atoms with Gasteiger partial charge in [0.2, 0.25) is 0 Å². The van der Waals surface area contributed by atoms with Crippen molar-refractivity contribution in [3.05, 3.63) is 69.4 Å². The van der Waals surface area contributed by atoms with Gasteiger partial charge in [0.1, 0.15) is 11.6 Å². The second kappa shape index (κ2) is 8.69. The van der Waals surface area contributed by atoms with Gasteiger partial charge in [0.15, 0.2) is 0 Å². The van der Waals surface area contributed by atoms with Crippen LogP contribution in [0.25, 0.3) is 0 Å². The molecule has 2 aromatic carbocycles. The number of amides is 1. The first-order valence-corrected chi connectivity index (χ1v) is 8.09. The summed E-state index contributed by atoms with van der Waals surface area (Å²) in [5, 5.41) is 25.5. The van der Waals surface area contributed by atoms with E-state index in [1.165, 1.54) is 18.3 Å². The Hall–Kier alpha value is -3.57. The standard InChI is InChI=1S/C18H16ClN5O3/c1-23(2)14-5-3-4-13(8-14)21-11-12(10-20)18(25)22-17-9-15(24(26)27)6-7-16(17)19/h3-9,11,21H,1-2H3,(H,22,25)/b12-11-. The zero-order valence-corrected chi connectivity index (χ0v) is 15.3. The maximum atomic E-state index is 12.3. The largest absolute Gasteiger partial charge is 0.378 e. The molecule has 0 saturated carbocycles. The van der Waals surface area contributed by atoms with Gasteiger partial charge >= 0.3 is 0 Å². The molecule has 9 heteroatoms. The first-order chi connectivity index (χ1) is 12.8. The first-order valence-electron chi connectivity index (χ1n) is 7.71. The van der Waals surface area contributed by atoms with Crippen LogP contribution >= 0.6 is 11.6 Å². The molecule has 0 aliphatic heterocycles. The van der Waals surface area contributed by atoms with E-state index in [-0.39, 0.29) is 22.0 Å². The summed E-state index contributed by atoms with van der Waals surface area (Å²) in [6.07, 6.45) is 1.26. The minimum atomic E-state index is -0.740. The van der Waals surface area contributed by atoms with Crippen LogP contribution in [-0.2, 0) is 4.79 Å². The normalized spacial score (nSPS) is 10.7. The molecule has 0 unspecified atom stereocenters. The minimum Gasteiger partial charge on any atom is -0.378 e. The van der Waals surface area contributed by atoms with Crippen molar-refractivity contribution in [3.8, 4) is 6.07 Å². The summed E-state index contributed by atoms with van der Waals surface area (Å²) in [6.45, 7) is 0. The number of nitriles is 1. The molecular weight excluding hydrogens is 370 g/mol. The van der Waals surface area contributed by atoms with E-state index in [2.05, 4.69) is 10.6 Å². The summed E-state index contributed by atoms with van der Waals surface area (Å²) >= 11 is 5.95. The highest BCUT2D eigenvalue weighted by atomic mass is 35.5. The second-order valence-corrected chi connectivity index (χ2v) is 6.04. The Bertz CT molecular complexity index is 950. The van der Waals surface area contributed by atoms with Gasteiger partial charge < -0.3 is 15.5 Å². The van der Waals surface area contributed by atoms with E-state index in [9.17, 15) is 20.2 Å². The maximum Gasteiger partial charge on any atom is 0.271 e. The maximum absolute atomic E-state index is 12.3. The summed E-state index contributed by atoms with van der Waals surface area (Å²) in [7, 11) is 3.79. The third-order valence-corrected chi connectivity index (χ3v) is 3.85. The van der Waals surface area contributed by atoms with Crippen LogP contribution in [0.5, 0.6) is 0 Å². The predicted octanol–water partition coefficient (Wildman–Crippen LogP) is 3.77. The van der Waals surface area contributed by atoms with Gasteiger partial charge in [-0.05, 0) is 24.3 Å². The number of nitro groups is 1. The van der Waals surface area contributed by atoms with Crippen LogP contribution < -0.4 is 15.5 Å². The van der Waals surface area contributed by atoms with Crippen LogP contribution in [0.3, 0.4) is 0 Å². The van der Waals surface area contributed by atoms with Gasteiger partial charge in [0, 0.05) is 43.8 Å². The molecule has 0 atom stereocenters. The zero-order chi connectivity index (χ0) is 20.0. The topological polar surface area (TPSA) is 111 Å². The fourth-order valence-electron chi connectivity index (χ4n) is 2.09. The molecule has 0 aliphatic rings. The van der Waals surface area contributed by atoms with Crippen LogP contribution in [0.1, 0.15) is 0 Å². The van der Waals surface area contributed by atoms with Crippen molar-refractivity contribution in [2.24, 2.45) is 0 Å². The average molecular weight is 386 g/mol. The number of nitrogens with one attached hydrogen (secondary N) is 2. The Balaban J connectivity index is 2.18. The fraction of sp³-hybridized carbons (Fsp3) is 0.111. The minimum absolute atomic E-state index is 0.0478. The fourth-order valence-corrected chi connectivity index (χ4v) is 2.26. The third-order valence-electron chi connectivity index (χ3n) is 3.52. The van der Waals surface area contributed by atoms with Gasteiger partial charge in [-0.25, -0.2) is 0 Å². The molecule has 0 spiro atoms. The van der Waals surface area contributed by atoms with Crippen molar-refractivity contribution in [1.82, 2.24) is 0 Å². The molecule has 2 N–H and O–H groups in total. The van der Waals surface area contributed by atoms with Crippen LogP contribution in [0.2, 0.25) is 5.02 Å². The average Bonchev–Trinajstić information content (AvgIpc) is 2.64. The molecule has 0 radical (unpaired) electrons. The molecule has 0 aromatic heterocycles. The molecule has 1 amide bonds. The lowest BCUT2D eigenvalue weighted by atomic mass is 10.2. The molecule has 0 heterocycles. The van der Waals surface area contributed by atoms with E-state index >= 15 is 0 Å². The van der Waals surface area contributed by atoms with Gasteiger partial charge in [-0.1, -0.05) is 17.7 Å². The van der Waals surface area contributed by atoms with E-state index in [0.29, 0.717) is 5.69 Å². The van der Waals surface area contributed by atoms with E-state index in [4.69, 9.17) is 11.6 Å². The van der Waals surface area contributed by atoms with E-state index in [0.717, 1.165) is 11.8 Å². The number of carbonyl (C=O) groups is 1. The van der Waals surface area contributed by atoms with Crippen LogP contribution in [0.15, 0.2) is 54.2 Å². The first kappa shape index (κ1) is 19.8. The van der Waals surface area contributed by atoms with Gasteiger partial charge in [0.25, 0.3) is 11.6 Å². The Morgan fingerprint density at radius 1 is 1.30 bits per heavy atom. The number of nitrogens with zero attached hydrogens (tertiary/aromatic N) is 3. The lowest BCUT2D eigenvalue weighted by molar-refractivity contribution is -0.384. The Labute approximate surface area is 160 Å². The molecular formula is C18H16ClN5O3. The predicted molar refractivity (Wildman–Crippen MR) is 105 cm³/mol. The molecule has 0 bridgehead atoms. The number of rotatable bonds is 6. The molecule has 2 rings (SSSR count). The molecule has 0 saturated heterocycles. The van der Waals surface area contributed by atoms with Crippen molar-refractivity contribution >= 4 is 40.3 Å². The number of hydrogen-bond acceptors (Lipinski definition) is 6. The van der Waals surface area contributed by atoms with Gasteiger partial charge in [-0.15, -0.1) is 0 Å². The molecule has 27 heavy (non-hydrogen) atoms. The summed E-state index contributed by atoms with van der Waals surface area (Å²) in [5.74, 6) is -0.740. The Kier molecular flexibility index (Phi) is 6.36.